The van der Waals surface area contributed by atoms with Gasteiger partial charge in [-0.25, -0.2) is 4.98 Å². The molecule has 0 fully saturated rings. The Morgan fingerprint density at radius 1 is 1.21 bits per heavy atom. The molecule has 1 aromatic heterocycles. The summed E-state index contributed by atoms with van der Waals surface area (Å²) in [7, 11) is 0. The number of carbonyl (C=O) groups excluding carboxylic acids is 1. The summed E-state index contributed by atoms with van der Waals surface area (Å²) in [5, 5.41) is 3.04. The number of hydrogen-bond donors (Lipinski definition) is 1. The molecule has 1 N–H and O–H groups in total. The van der Waals surface area contributed by atoms with Gasteiger partial charge < -0.3 is 5.32 Å². The Labute approximate surface area is 196 Å². The molecule has 1 aliphatic rings. The minimum absolute atomic E-state index is 0.0509. The van der Waals surface area contributed by atoms with Gasteiger partial charge in [0.25, 0.3) is 5.56 Å². The monoisotopic (exact) mass is 491 g/mol. The van der Waals surface area contributed by atoms with Gasteiger partial charge in [-0.15, -0.1) is 11.8 Å². The molecule has 5 nitrogen and oxygen atoms in total. The maximum Gasteiger partial charge on any atom is 0.416 e. The summed E-state index contributed by atoms with van der Waals surface area (Å²) in [5.74, 6) is 0.333. The van der Waals surface area contributed by atoms with Crippen LogP contribution < -0.4 is 10.9 Å². The van der Waals surface area contributed by atoms with Gasteiger partial charge in [0.2, 0.25) is 5.91 Å². The lowest BCUT2D eigenvalue weighted by Gasteiger charge is -2.15. The lowest BCUT2D eigenvalue weighted by Crippen LogP contribution is -2.25. The molecule has 0 atom stereocenters. The molecule has 10 heteroatoms. The van der Waals surface area contributed by atoms with Crippen LogP contribution in [-0.2, 0) is 17.4 Å². The summed E-state index contributed by atoms with van der Waals surface area (Å²) in [6.45, 7) is 3.80. The maximum atomic E-state index is 13.3. The first-order valence-electron chi connectivity index (χ1n) is 10.1. The average molecular weight is 492 g/mol. The zero-order valence-corrected chi connectivity index (χ0v) is 19.5. The summed E-state index contributed by atoms with van der Waals surface area (Å²) >= 11 is 2.37. The molecular formula is C23H20F3N3O2S2. The number of amides is 1. The van der Waals surface area contributed by atoms with E-state index in [4.69, 9.17) is 0 Å². The van der Waals surface area contributed by atoms with Crippen LogP contribution in [0.25, 0.3) is 5.69 Å². The molecule has 1 amide bonds. The number of halogens is 3. The SMILES string of the molecule is Cc1ccc(C)c(NC(=O)CSc2nc3c(c(=O)n2-c2cccc(C(F)(F)F)c2)SCC3)c1. The van der Waals surface area contributed by atoms with E-state index in [9.17, 15) is 22.8 Å². The highest BCUT2D eigenvalue weighted by molar-refractivity contribution is 8.00. The Balaban J connectivity index is 1.66. The number of thioether (sulfide) groups is 2. The predicted molar refractivity (Wildman–Crippen MR) is 125 cm³/mol. The number of hydrogen-bond acceptors (Lipinski definition) is 5. The molecule has 1 aliphatic heterocycles. The Morgan fingerprint density at radius 3 is 2.76 bits per heavy atom. The van der Waals surface area contributed by atoms with Gasteiger partial charge in [-0.3, -0.25) is 14.2 Å². The molecule has 0 saturated heterocycles. The molecular weight excluding hydrogens is 471 g/mol. The smallest absolute Gasteiger partial charge is 0.325 e. The number of fused-ring (bicyclic) bond motifs is 1. The number of benzene rings is 2. The highest BCUT2D eigenvalue weighted by Gasteiger charge is 2.31. The molecule has 4 rings (SSSR count). The lowest BCUT2D eigenvalue weighted by atomic mass is 10.1. The lowest BCUT2D eigenvalue weighted by molar-refractivity contribution is -0.137. The quantitative estimate of drug-likeness (QED) is 0.390. The number of nitrogens with zero attached hydrogens (tertiary/aromatic N) is 2. The first kappa shape index (κ1) is 23.4. The van der Waals surface area contributed by atoms with Crippen molar-refractivity contribution in [1.82, 2.24) is 9.55 Å². The second kappa shape index (κ2) is 9.26. The minimum atomic E-state index is -4.54. The fourth-order valence-corrected chi connectivity index (χ4v) is 5.28. The van der Waals surface area contributed by atoms with Crippen LogP contribution in [0.3, 0.4) is 0 Å². The molecule has 0 bridgehead atoms. The second-order valence-electron chi connectivity index (χ2n) is 7.61. The largest absolute Gasteiger partial charge is 0.416 e. The third kappa shape index (κ3) is 5.11. The van der Waals surface area contributed by atoms with E-state index >= 15 is 0 Å². The number of rotatable bonds is 5. The van der Waals surface area contributed by atoms with E-state index in [0.717, 1.165) is 35.0 Å². The second-order valence-corrected chi connectivity index (χ2v) is 9.66. The summed E-state index contributed by atoms with van der Waals surface area (Å²) in [6.07, 6.45) is -3.95. The molecule has 2 aromatic carbocycles. The van der Waals surface area contributed by atoms with Crippen molar-refractivity contribution in [3.63, 3.8) is 0 Å². The van der Waals surface area contributed by atoms with Crippen molar-refractivity contribution >= 4 is 35.1 Å². The van der Waals surface area contributed by atoms with Crippen molar-refractivity contribution in [2.75, 3.05) is 16.8 Å². The van der Waals surface area contributed by atoms with E-state index < -0.39 is 17.3 Å². The number of aromatic nitrogens is 2. The average Bonchev–Trinajstić information content (AvgIpc) is 3.23. The summed E-state index contributed by atoms with van der Waals surface area (Å²) in [6, 6.07) is 10.3. The van der Waals surface area contributed by atoms with Crippen LogP contribution in [0.1, 0.15) is 22.4 Å². The van der Waals surface area contributed by atoms with Crippen molar-refractivity contribution in [2.24, 2.45) is 0 Å². The molecule has 33 heavy (non-hydrogen) atoms. The van der Waals surface area contributed by atoms with E-state index in [2.05, 4.69) is 10.3 Å². The zero-order valence-electron chi connectivity index (χ0n) is 17.8. The molecule has 2 heterocycles. The van der Waals surface area contributed by atoms with Crippen LogP contribution in [-0.4, -0.2) is 27.0 Å². The van der Waals surface area contributed by atoms with E-state index in [1.165, 1.54) is 28.5 Å². The normalized spacial score (nSPS) is 13.1. The van der Waals surface area contributed by atoms with Crippen LogP contribution in [0, 0.1) is 13.8 Å². The van der Waals surface area contributed by atoms with Crippen molar-refractivity contribution in [3.05, 3.63) is 75.2 Å². The fraction of sp³-hybridized carbons (Fsp3) is 0.261. The van der Waals surface area contributed by atoms with Crippen molar-refractivity contribution in [3.8, 4) is 5.69 Å². The number of aryl methyl sites for hydroxylation is 3. The third-order valence-electron chi connectivity index (χ3n) is 5.10. The Hall–Kier alpha value is -2.72. The Kier molecular flexibility index (Phi) is 6.58. The first-order valence-corrected chi connectivity index (χ1v) is 12.1. The van der Waals surface area contributed by atoms with Gasteiger partial charge in [-0.1, -0.05) is 30.0 Å². The predicted octanol–water partition coefficient (Wildman–Crippen LogP) is 5.25. The van der Waals surface area contributed by atoms with E-state index in [1.54, 1.807) is 0 Å². The van der Waals surface area contributed by atoms with Crippen molar-refractivity contribution in [2.45, 2.75) is 36.5 Å². The first-order chi connectivity index (χ1) is 15.6. The summed E-state index contributed by atoms with van der Waals surface area (Å²) in [5.41, 5.74) is 2.00. The Morgan fingerprint density at radius 2 is 2.00 bits per heavy atom. The van der Waals surface area contributed by atoms with Gasteiger partial charge in [-0.2, -0.15) is 13.2 Å². The highest BCUT2D eigenvalue weighted by atomic mass is 32.2. The van der Waals surface area contributed by atoms with Gasteiger partial charge in [-0.05, 0) is 49.2 Å². The number of alkyl halides is 3. The number of anilines is 1. The summed E-state index contributed by atoms with van der Waals surface area (Å²) < 4.78 is 41.0. The standard InChI is InChI=1S/C23H20F3N3O2S2/c1-13-6-7-14(2)18(10-13)27-19(30)12-33-22-28-17-8-9-32-20(17)21(31)29(22)16-5-3-4-15(11-16)23(24,25)26/h3-7,10-11H,8-9,12H2,1-2H3,(H,27,30). The van der Waals surface area contributed by atoms with Gasteiger partial charge in [0.15, 0.2) is 5.16 Å². The molecule has 172 valence electrons. The minimum Gasteiger partial charge on any atom is -0.325 e. The number of carbonyl (C=O) groups is 1. The molecule has 0 saturated carbocycles. The van der Waals surface area contributed by atoms with Gasteiger partial charge >= 0.3 is 6.18 Å². The van der Waals surface area contributed by atoms with Crippen LogP contribution in [0.15, 0.2) is 57.3 Å². The van der Waals surface area contributed by atoms with Crippen molar-refractivity contribution in [1.29, 1.82) is 0 Å². The third-order valence-corrected chi connectivity index (χ3v) is 7.14. The van der Waals surface area contributed by atoms with Crippen LogP contribution in [0.4, 0.5) is 18.9 Å². The van der Waals surface area contributed by atoms with Gasteiger partial charge in [0, 0.05) is 17.9 Å². The van der Waals surface area contributed by atoms with Crippen LogP contribution in [0.2, 0.25) is 0 Å². The molecule has 0 unspecified atom stereocenters. The van der Waals surface area contributed by atoms with Crippen molar-refractivity contribution < 1.29 is 18.0 Å². The van der Waals surface area contributed by atoms with Gasteiger partial charge in [0.1, 0.15) is 0 Å². The molecule has 0 aliphatic carbocycles. The maximum absolute atomic E-state index is 13.3. The van der Waals surface area contributed by atoms with Gasteiger partial charge in [0.05, 0.1) is 27.6 Å². The Bertz CT molecular complexity index is 1290. The van der Waals surface area contributed by atoms with E-state index in [1.807, 2.05) is 32.0 Å². The molecule has 0 spiro atoms. The fourth-order valence-electron chi connectivity index (χ4n) is 3.43. The zero-order chi connectivity index (χ0) is 23.8. The van der Waals surface area contributed by atoms with E-state index in [0.29, 0.717) is 28.5 Å². The molecule has 0 radical (unpaired) electrons. The topological polar surface area (TPSA) is 64.0 Å². The number of nitrogens with one attached hydrogen (secondary N) is 1. The highest BCUT2D eigenvalue weighted by Crippen LogP contribution is 2.33. The summed E-state index contributed by atoms with van der Waals surface area (Å²) in [4.78, 5) is 30.7. The van der Waals surface area contributed by atoms with Crippen LogP contribution in [0.5, 0.6) is 0 Å². The molecule has 3 aromatic rings. The van der Waals surface area contributed by atoms with Crippen LogP contribution >= 0.6 is 23.5 Å². The van der Waals surface area contributed by atoms with E-state index in [-0.39, 0.29) is 22.5 Å².